The number of nitrogens with one attached hydrogen (secondary N) is 1. The van der Waals surface area contributed by atoms with Crippen LogP contribution in [0.4, 0.5) is 5.69 Å². The lowest BCUT2D eigenvalue weighted by molar-refractivity contribution is -0.118. The number of hydrogen-bond donors (Lipinski definition) is 2. The Balaban J connectivity index is 2.79. The molecule has 66 valence electrons. The Morgan fingerprint density at radius 2 is 2.38 bits per heavy atom. The number of nitriles is 1. The van der Waals surface area contributed by atoms with Crippen LogP contribution in [-0.2, 0) is 4.79 Å². The lowest BCUT2D eigenvalue weighted by atomic mass is 10.2. The molecule has 0 spiro atoms. The molecular formula is C9H8N2O2. The largest absolute Gasteiger partial charge is 0.387 e. The normalized spacial score (nSPS) is 8.92. The van der Waals surface area contributed by atoms with Crippen LogP contribution in [0.3, 0.4) is 0 Å². The molecule has 13 heavy (non-hydrogen) atoms. The highest BCUT2D eigenvalue weighted by molar-refractivity contribution is 5.91. The molecule has 0 aromatic heterocycles. The molecule has 0 unspecified atom stereocenters. The molecule has 1 aromatic carbocycles. The second-order valence-corrected chi connectivity index (χ2v) is 2.40. The van der Waals surface area contributed by atoms with Crippen molar-refractivity contribution < 1.29 is 9.90 Å². The highest BCUT2D eigenvalue weighted by Crippen LogP contribution is 2.08. The van der Waals surface area contributed by atoms with Gasteiger partial charge in [-0.1, -0.05) is 6.07 Å². The molecule has 4 nitrogen and oxygen atoms in total. The van der Waals surface area contributed by atoms with Crippen LogP contribution in [0.5, 0.6) is 0 Å². The zero-order valence-corrected chi connectivity index (χ0v) is 6.82. The average Bonchev–Trinajstić information content (AvgIpc) is 2.18. The number of nitrogens with zero attached hydrogens (tertiary/aromatic N) is 1. The van der Waals surface area contributed by atoms with Crippen LogP contribution >= 0.6 is 0 Å². The summed E-state index contributed by atoms with van der Waals surface area (Å²) in [5, 5.41) is 19.4. The topological polar surface area (TPSA) is 73.1 Å². The molecule has 1 rings (SSSR count). The Hall–Kier alpha value is -1.86. The van der Waals surface area contributed by atoms with Gasteiger partial charge in [-0.15, -0.1) is 0 Å². The number of benzene rings is 1. The van der Waals surface area contributed by atoms with Gasteiger partial charge in [0.1, 0.15) is 6.61 Å². The van der Waals surface area contributed by atoms with E-state index in [0.717, 1.165) is 0 Å². The molecule has 0 heterocycles. The molecule has 2 N–H and O–H groups in total. The first-order valence-electron chi connectivity index (χ1n) is 3.67. The highest BCUT2D eigenvalue weighted by atomic mass is 16.3. The van der Waals surface area contributed by atoms with Crippen molar-refractivity contribution in [2.24, 2.45) is 0 Å². The zero-order valence-electron chi connectivity index (χ0n) is 6.82. The summed E-state index contributed by atoms with van der Waals surface area (Å²) in [5.74, 6) is -0.491. The summed E-state index contributed by atoms with van der Waals surface area (Å²) in [6.07, 6.45) is 0. The van der Waals surface area contributed by atoms with Crippen LogP contribution in [0.1, 0.15) is 5.56 Å². The van der Waals surface area contributed by atoms with Crippen molar-refractivity contribution >= 4 is 11.6 Å². The van der Waals surface area contributed by atoms with Gasteiger partial charge in [-0.25, -0.2) is 0 Å². The number of amides is 1. The molecular weight excluding hydrogens is 168 g/mol. The maximum absolute atomic E-state index is 10.7. The van der Waals surface area contributed by atoms with E-state index in [0.29, 0.717) is 11.3 Å². The van der Waals surface area contributed by atoms with Crippen molar-refractivity contribution in [2.45, 2.75) is 0 Å². The van der Waals surface area contributed by atoms with Gasteiger partial charge >= 0.3 is 0 Å². The number of aliphatic hydroxyl groups is 1. The first-order chi connectivity index (χ1) is 6.26. The lowest BCUT2D eigenvalue weighted by Crippen LogP contribution is -2.15. The van der Waals surface area contributed by atoms with Gasteiger partial charge in [0.15, 0.2) is 0 Å². The molecule has 0 aliphatic carbocycles. The maximum atomic E-state index is 10.7. The Bertz CT molecular complexity index is 355. The predicted molar refractivity (Wildman–Crippen MR) is 46.9 cm³/mol. The van der Waals surface area contributed by atoms with E-state index in [9.17, 15) is 4.79 Å². The van der Waals surface area contributed by atoms with Crippen LogP contribution in [0.25, 0.3) is 0 Å². The molecule has 1 amide bonds. The van der Waals surface area contributed by atoms with E-state index >= 15 is 0 Å². The second-order valence-electron chi connectivity index (χ2n) is 2.40. The quantitative estimate of drug-likeness (QED) is 0.688. The van der Waals surface area contributed by atoms with Crippen molar-refractivity contribution in [2.75, 3.05) is 11.9 Å². The van der Waals surface area contributed by atoms with Gasteiger partial charge in [0.25, 0.3) is 0 Å². The van der Waals surface area contributed by atoms with E-state index in [-0.39, 0.29) is 0 Å². The second kappa shape index (κ2) is 4.24. The summed E-state index contributed by atoms with van der Waals surface area (Å²) in [6.45, 7) is -0.559. The molecule has 0 aliphatic rings. The van der Waals surface area contributed by atoms with Crippen molar-refractivity contribution in [3.05, 3.63) is 29.8 Å². The molecule has 0 saturated heterocycles. The zero-order chi connectivity index (χ0) is 9.68. The van der Waals surface area contributed by atoms with Crippen molar-refractivity contribution in [3.63, 3.8) is 0 Å². The summed E-state index contributed by atoms with van der Waals surface area (Å²) in [5.41, 5.74) is 0.980. The minimum absolute atomic E-state index is 0.468. The number of hydrogen-bond acceptors (Lipinski definition) is 3. The smallest absolute Gasteiger partial charge is 0.250 e. The summed E-state index contributed by atoms with van der Waals surface area (Å²) in [7, 11) is 0. The van der Waals surface area contributed by atoms with E-state index < -0.39 is 12.5 Å². The minimum atomic E-state index is -0.559. The summed E-state index contributed by atoms with van der Waals surface area (Å²) >= 11 is 0. The Morgan fingerprint density at radius 1 is 1.62 bits per heavy atom. The van der Waals surface area contributed by atoms with Crippen LogP contribution in [0, 0.1) is 11.3 Å². The summed E-state index contributed by atoms with van der Waals surface area (Å²) in [6, 6.07) is 8.42. The molecule has 0 radical (unpaired) electrons. The summed E-state index contributed by atoms with van der Waals surface area (Å²) < 4.78 is 0. The standard InChI is InChI=1S/C9H8N2O2/c10-5-7-2-1-3-8(4-7)11-9(13)6-12/h1-4,12H,6H2,(H,11,13). The van der Waals surface area contributed by atoms with Crippen molar-refractivity contribution in [3.8, 4) is 6.07 Å². The first-order valence-corrected chi connectivity index (χ1v) is 3.67. The molecule has 0 atom stereocenters. The van der Waals surface area contributed by atoms with Gasteiger partial charge in [-0.2, -0.15) is 5.26 Å². The number of aliphatic hydroxyl groups excluding tert-OH is 1. The molecule has 0 saturated carbocycles. The van der Waals surface area contributed by atoms with Crippen molar-refractivity contribution in [1.29, 1.82) is 5.26 Å². The average molecular weight is 176 g/mol. The fourth-order valence-corrected chi connectivity index (χ4v) is 0.867. The number of anilines is 1. The van der Waals surface area contributed by atoms with Gasteiger partial charge in [0.05, 0.1) is 11.6 Å². The van der Waals surface area contributed by atoms with Gasteiger partial charge in [0, 0.05) is 5.69 Å². The van der Waals surface area contributed by atoms with E-state index in [2.05, 4.69) is 5.32 Å². The van der Waals surface area contributed by atoms with E-state index in [1.54, 1.807) is 18.2 Å². The highest BCUT2D eigenvalue weighted by Gasteiger charge is 1.99. The van der Waals surface area contributed by atoms with Crippen LogP contribution < -0.4 is 5.32 Å². The monoisotopic (exact) mass is 176 g/mol. The molecule has 4 heteroatoms. The van der Waals surface area contributed by atoms with E-state index in [1.165, 1.54) is 6.07 Å². The van der Waals surface area contributed by atoms with E-state index in [4.69, 9.17) is 10.4 Å². The Labute approximate surface area is 75.4 Å². The fourth-order valence-electron chi connectivity index (χ4n) is 0.867. The number of rotatable bonds is 2. The predicted octanol–water partition coefficient (Wildman–Crippen LogP) is 0.489. The third kappa shape index (κ3) is 2.58. The SMILES string of the molecule is N#Cc1cccc(NC(=O)CO)c1. The van der Waals surface area contributed by atoms with Gasteiger partial charge in [-0.05, 0) is 18.2 Å². The van der Waals surface area contributed by atoms with E-state index in [1.807, 2.05) is 6.07 Å². The maximum Gasteiger partial charge on any atom is 0.250 e. The van der Waals surface area contributed by atoms with Crippen LogP contribution in [-0.4, -0.2) is 17.6 Å². The van der Waals surface area contributed by atoms with Gasteiger partial charge < -0.3 is 10.4 Å². The van der Waals surface area contributed by atoms with Gasteiger partial charge in [-0.3, -0.25) is 4.79 Å². The minimum Gasteiger partial charge on any atom is -0.387 e. The first kappa shape index (κ1) is 9.23. The number of carbonyl (C=O) groups excluding carboxylic acids is 1. The molecule has 0 fully saturated rings. The Kier molecular flexibility index (Phi) is 3.01. The summed E-state index contributed by atoms with van der Waals surface area (Å²) in [4.78, 5) is 10.7. The number of carbonyl (C=O) groups is 1. The fraction of sp³-hybridized carbons (Fsp3) is 0.111. The van der Waals surface area contributed by atoms with Gasteiger partial charge in [0.2, 0.25) is 5.91 Å². The molecule has 0 bridgehead atoms. The Morgan fingerprint density at radius 3 is 3.00 bits per heavy atom. The lowest BCUT2D eigenvalue weighted by Gasteiger charge is -2.01. The third-order valence-electron chi connectivity index (χ3n) is 1.42. The van der Waals surface area contributed by atoms with Crippen molar-refractivity contribution in [1.82, 2.24) is 0 Å². The third-order valence-corrected chi connectivity index (χ3v) is 1.42. The van der Waals surface area contributed by atoms with Crippen LogP contribution in [0.2, 0.25) is 0 Å². The van der Waals surface area contributed by atoms with Crippen LogP contribution in [0.15, 0.2) is 24.3 Å². The molecule has 1 aromatic rings. The molecule has 0 aliphatic heterocycles.